The quantitative estimate of drug-likeness (QED) is 0.0854. The number of benzene rings is 4. The van der Waals surface area contributed by atoms with Gasteiger partial charge in [0.15, 0.2) is 0 Å². The van der Waals surface area contributed by atoms with E-state index in [-0.39, 0.29) is 12.2 Å². The fraction of sp³-hybridized carbons (Fsp3) is 0.404. The van der Waals surface area contributed by atoms with E-state index in [0.29, 0.717) is 38.1 Å². The lowest BCUT2D eigenvalue weighted by Gasteiger charge is -2.43. The first-order chi connectivity index (χ1) is 27.8. The van der Waals surface area contributed by atoms with Crippen LogP contribution in [0.4, 0.5) is 4.79 Å². The molecular weight excluding hydrogens is 767 g/mol. The van der Waals surface area contributed by atoms with Gasteiger partial charge in [0.05, 0.1) is 17.3 Å². The molecule has 308 valence electrons. The largest absolute Gasteiger partial charge is 0.467 e. The molecule has 0 bridgehead atoms. The summed E-state index contributed by atoms with van der Waals surface area (Å²) in [4.78, 5) is 60.0. The number of carbonyl (C=O) groups excluding carboxylic acids is 4. The Morgan fingerprint density at radius 2 is 1.33 bits per heavy atom. The maximum absolute atomic E-state index is 15.6. The molecule has 1 aliphatic rings. The van der Waals surface area contributed by atoms with Crippen LogP contribution >= 0.6 is 23.5 Å². The minimum atomic E-state index is -1.29. The van der Waals surface area contributed by atoms with Crippen LogP contribution in [0.25, 0.3) is 0 Å². The summed E-state index contributed by atoms with van der Waals surface area (Å²) in [7, 11) is 1.27. The number of esters is 1. The monoisotopic (exact) mass is 823 g/mol. The molecule has 4 aromatic carbocycles. The zero-order valence-corrected chi connectivity index (χ0v) is 36.1. The number of nitrogens with zero attached hydrogens (tertiary/aromatic N) is 1. The summed E-state index contributed by atoms with van der Waals surface area (Å²) in [5, 5.41) is 6.27. The van der Waals surface area contributed by atoms with Gasteiger partial charge >= 0.3 is 12.1 Å². The van der Waals surface area contributed by atoms with Crippen LogP contribution in [0.5, 0.6) is 0 Å². The molecule has 1 fully saturated rings. The molecule has 0 spiro atoms. The summed E-state index contributed by atoms with van der Waals surface area (Å²) >= 11 is 2.99. The Morgan fingerprint density at radius 1 is 0.810 bits per heavy atom. The molecular formula is C47H57N3O6S2. The molecule has 1 heterocycles. The van der Waals surface area contributed by atoms with Crippen molar-refractivity contribution < 1.29 is 28.7 Å². The molecule has 5 rings (SSSR count). The minimum Gasteiger partial charge on any atom is -0.467 e. The van der Waals surface area contributed by atoms with Crippen molar-refractivity contribution in [1.82, 2.24) is 15.5 Å². The molecule has 1 saturated heterocycles. The van der Waals surface area contributed by atoms with E-state index in [1.54, 1.807) is 20.8 Å². The van der Waals surface area contributed by atoms with E-state index in [9.17, 15) is 9.59 Å². The van der Waals surface area contributed by atoms with Gasteiger partial charge in [-0.25, -0.2) is 9.59 Å². The first-order valence-corrected chi connectivity index (χ1v) is 22.2. The maximum atomic E-state index is 15.6. The van der Waals surface area contributed by atoms with Gasteiger partial charge in [0.2, 0.25) is 5.91 Å². The van der Waals surface area contributed by atoms with Gasteiger partial charge < -0.3 is 20.1 Å². The standard InChI is InChI=1S/C47H57N3O6S2/c1-34-18-16-17-19-35(34)32-46(27-29-48-30-28-46)43(53)50(40(26-31-57-6)42(52)55-5)41(51)39(49-44(54)56-45(2,3)4)33-58-47(36-20-10-7-11-21-36,37-22-12-8-13-23-37)38-24-14-9-15-25-38/h7-25,39-40,48H,26-33H2,1-6H3,(H,49,54)/t39-,40-/m0/s1. The number of carbonyl (C=O) groups is 4. The van der Waals surface area contributed by atoms with Crippen molar-refractivity contribution in [2.75, 3.05) is 38.0 Å². The summed E-state index contributed by atoms with van der Waals surface area (Å²) in [5.74, 6) is -1.32. The average Bonchev–Trinajstić information content (AvgIpc) is 3.23. The lowest BCUT2D eigenvalue weighted by atomic mass is 9.72. The van der Waals surface area contributed by atoms with Crippen molar-refractivity contribution >= 4 is 47.4 Å². The van der Waals surface area contributed by atoms with Gasteiger partial charge in [-0.05, 0) is 106 Å². The molecule has 0 saturated carbocycles. The third kappa shape index (κ3) is 10.7. The SMILES string of the molecule is COC(=O)[C@H](CCSC)N(C(=O)[C@H](CSC(c1ccccc1)(c1ccccc1)c1ccccc1)NC(=O)OC(C)(C)C)C(=O)C1(Cc2ccccc2C)CCNCC1. The van der Waals surface area contributed by atoms with Gasteiger partial charge in [-0.3, -0.25) is 14.5 Å². The third-order valence-corrected chi connectivity index (χ3v) is 12.9. The Labute approximate surface area is 352 Å². The third-order valence-electron chi connectivity index (χ3n) is 10.6. The van der Waals surface area contributed by atoms with Gasteiger partial charge in [0.1, 0.15) is 17.7 Å². The van der Waals surface area contributed by atoms with Crippen molar-refractivity contribution in [2.45, 2.75) is 75.8 Å². The highest BCUT2D eigenvalue weighted by Crippen LogP contribution is 2.49. The minimum absolute atomic E-state index is 0.0172. The first-order valence-electron chi connectivity index (χ1n) is 19.8. The number of piperidine rings is 1. The number of alkyl carbamates (subject to hydrolysis) is 1. The summed E-state index contributed by atoms with van der Waals surface area (Å²) in [6.45, 7) is 8.40. The van der Waals surface area contributed by atoms with Crippen molar-refractivity contribution in [3.63, 3.8) is 0 Å². The van der Waals surface area contributed by atoms with E-state index in [1.807, 2.05) is 92.0 Å². The Morgan fingerprint density at radius 3 is 1.81 bits per heavy atom. The smallest absolute Gasteiger partial charge is 0.408 e. The number of aryl methyl sites for hydroxylation is 1. The first kappa shape index (κ1) is 44.5. The lowest BCUT2D eigenvalue weighted by molar-refractivity contribution is -0.166. The number of hydrogen-bond donors (Lipinski definition) is 2. The van der Waals surface area contributed by atoms with Crippen LogP contribution in [0.1, 0.15) is 67.9 Å². The zero-order chi connectivity index (χ0) is 41.8. The molecule has 0 aromatic heterocycles. The molecule has 4 aromatic rings. The number of ether oxygens (including phenoxy) is 2. The molecule has 3 amide bonds. The molecule has 2 atom stereocenters. The van der Waals surface area contributed by atoms with Crippen molar-refractivity contribution in [3.05, 3.63) is 143 Å². The molecule has 0 radical (unpaired) electrons. The molecule has 2 N–H and O–H groups in total. The topological polar surface area (TPSA) is 114 Å². The highest BCUT2D eigenvalue weighted by atomic mass is 32.2. The molecule has 9 nitrogen and oxygen atoms in total. The summed E-state index contributed by atoms with van der Waals surface area (Å²) in [6.07, 6.45) is 2.58. The number of nitrogens with one attached hydrogen (secondary N) is 2. The van der Waals surface area contributed by atoms with E-state index < -0.39 is 51.7 Å². The van der Waals surface area contributed by atoms with Gasteiger partial charge in [-0.2, -0.15) is 11.8 Å². The second-order valence-corrected chi connectivity index (χ2v) is 18.0. The maximum Gasteiger partial charge on any atom is 0.408 e. The number of amides is 3. The fourth-order valence-corrected chi connectivity index (χ4v) is 9.69. The van der Waals surface area contributed by atoms with E-state index in [2.05, 4.69) is 47.0 Å². The Hall–Kier alpha value is -4.58. The number of imide groups is 1. The Kier molecular flexibility index (Phi) is 15.7. The predicted octanol–water partition coefficient (Wildman–Crippen LogP) is 8.18. The van der Waals surface area contributed by atoms with Crippen LogP contribution in [0.15, 0.2) is 115 Å². The average molecular weight is 824 g/mol. The van der Waals surface area contributed by atoms with E-state index in [0.717, 1.165) is 32.7 Å². The Bertz CT molecular complexity index is 1870. The van der Waals surface area contributed by atoms with Gasteiger partial charge in [0, 0.05) is 5.75 Å². The van der Waals surface area contributed by atoms with Crippen LogP contribution in [-0.4, -0.2) is 84.4 Å². The second-order valence-electron chi connectivity index (χ2n) is 15.8. The van der Waals surface area contributed by atoms with E-state index in [4.69, 9.17) is 9.47 Å². The molecule has 58 heavy (non-hydrogen) atoms. The van der Waals surface area contributed by atoms with E-state index >= 15 is 9.59 Å². The van der Waals surface area contributed by atoms with Crippen molar-refractivity contribution in [3.8, 4) is 0 Å². The highest BCUT2D eigenvalue weighted by Gasteiger charge is 2.50. The number of hydrogen-bond acceptors (Lipinski definition) is 9. The van der Waals surface area contributed by atoms with E-state index in [1.165, 1.54) is 30.6 Å². The normalized spacial score (nSPS) is 15.1. The molecule has 0 aliphatic carbocycles. The van der Waals surface area contributed by atoms with Crippen LogP contribution in [0.2, 0.25) is 0 Å². The summed E-state index contributed by atoms with van der Waals surface area (Å²) in [6, 6.07) is 35.6. The molecule has 1 aliphatic heterocycles. The van der Waals surface area contributed by atoms with Gasteiger partial charge in [-0.1, -0.05) is 115 Å². The lowest BCUT2D eigenvalue weighted by Crippen LogP contribution is -2.62. The van der Waals surface area contributed by atoms with Crippen molar-refractivity contribution in [1.29, 1.82) is 0 Å². The van der Waals surface area contributed by atoms with Crippen LogP contribution in [0, 0.1) is 12.3 Å². The van der Waals surface area contributed by atoms with Gasteiger partial charge in [0.25, 0.3) is 5.91 Å². The Balaban J connectivity index is 1.68. The van der Waals surface area contributed by atoms with Crippen LogP contribution in [0.3, 0.4) is 0 Å². The zero-order valence-electron chi connectivity index (χ0n) is 34.5. The van der Waals surface area contributed by atoms with Crippen LogP contribution < -0.4 is 10.6 Å². The number of thioether (sulfide) groups is 2. The molecule has 0 unspecified atom stereocenters. The summed E-state index contributed by atoms with van der Waals surface area (Å²) in [5.41, 5.74) is 3.06. The second kappa shape index (κ2) is 20.4. The highest BCUT2D eigenvalue weighted by molar-refractivity contribution is 8.00. The van der Waals surface area contributed by atoms with Crippen molar-refractivity contribution in [2.24, 2.45) is 5.41 Å². The summed E-state index contributed by atoms with van der Waals surface area (Å²) < 4.78 is 10.2. The molecule has 11 heteroatoms. The number of rotatable bonds is 16. The number of methoxy groups -OCH3 is 1. The van der Waals surface area contributed by atoms with Crippen LogP contribution in [-0.2, 0) is 35.0 Å². The fourth-order valence-electron chi connectivity index (χ4n) is 7.68. The van der Waals surface area contributed by atoms with Gasteiger partial charge in [-0.15, -0.1) is 11.8 Å². The predicted molar refractivity (Wildman–Crippen MR) is 235 cm³/mol.